The first-order valence-electron chi connectivity index (χ1n) is 7.29. The lowest BCUT2D eigenvalue weighted by Gasteiger charge is -2.21. The summed E-state index contributed by atoms with van der Waals surface area (Å²) >= 11 is 0. The topological polar surface area (TPSA) is 12.0 Å². The maximum atomic E-state index is 13.9. The van der Waals surface area contributed by atoms with E-state index in [4.69, 9.17) is 0 Å². The Morgan fingerprint density at radius 1 is 1.22 bits per heavy atom. The third kappa shape index (κ3) is 3.55. The average Bonchev–Trinajstić information content (AvgIpc) is 2.62. The fourth-order valence-corrected chi connectivity index (χ4v) is 2.98. The molecular weight excluding hydrogens is 225 g/mol. The molecule has 2 heteroatoms. The number of benzene rings is 1. The van der Waals surface area contributed by atoms with E-state index in [1.165, 1.54) is 25.7 Å². The molecule has 2 rings (SSSR count). The van der Waals surface area contributed by atoms with Crippen LogP contribution in [0.15, 0.2) is 24.3 Å². The first kappa shape index (κ1) is 13.5. The Kier molecular flexibility index (Phi) is 5.18. The van der Waals surface area contributed by atoms with E-state index in [0.717, 1.165) is 24.9 Å². The van der Waals surface area contributed by atoms with Crippen molar-refractivity contribution in [2.45, 2.75) is 57.4 Å². The summed E-state index contributed by atoms with van der Waals surface area (Å²) in [6.07, 6.45) is 7.12. The largest absolute Gasteiger partial charge is 0.314 e. The van der Waals surface area contributed by atoms with E-state index in [1.54, 1.807) is 12.1 Å². The van der Waals surface area contributed by atoms with Gasteiger partial charge in [0.05, 0.1) is 0 Å². The predicted octanol–water partition coefficient (Wildman–Crippen LogP) is 4.24. The minimum Gasteiger partial charge on any atom is -0.314 e. The Hall–Kier alpha value is -0.890. The van der Waals surface area contributed by atoms with E-state index >= 15 is 0 Å². The molecule has 1 aromatic rings. The van der Waals surface area contributed by atoms with E-state index in [1.807, 2.05) is 12.1 Å². The van der Waals surface area contributed by atoms with Gasteiger partial charge in [0.25, 0.3) is 0 Å². The van der Waals surface area contributed by atoms with Crippen molar-refractivity contribution in [2.75, 3.05) is 6.54 Å². The summed E-state index contributed by atoms with van der Waals surface area (Å²) in [5.41, 5.74) is 0.919. The number of rotatable bonds is 4. The standard InChI is InChI=1S/C16H24FN/c1-2-11-18-14-8-4-3-7-13(12-14)15-9-5-6-10-16(15)17/h5-6,9-10,13-14,18H,2-4,7-8,11-12H2,1H3. The second-order valence-electron chi connectivity index (χ2n) is 5.39. The minimum atomic E-state index is -0.0290. The zero-order valence-electron chi connectivity index (χ0n) is 11.3. The Morgan fingerprint density at radius 3 is 2.78 bits per heavy atom. The Labute approximate surface area is 110 Å². The molecule has 1 aromatic carbocycles. The lowest BCUT2D eigenvalue weighted by molar-refractivity contribution is 0.433. The summed E-state index contributed by atoms with van der Waals surface area (Å²) in [5, 5.41) is 3.61. The summed E-state index contributed by atoms with van der Waals surface area (Å²) in [6, 6.07) is 7.86. The molecule has 0 heterocycles. The van der Waals surface area contributed by atoms with Crippen LogP contribution >= 0.6 is 0 Å². The molecule has 1 saturated carbocycles. The van der Waals surface area contributed by atoms with E-state index in [9.17, 15) is 4.39 Å². The second kappa shape index (κ2) is 6.89. The molecule has 0 spiro atoms. The molecule has 2 atom stereocenters. The molecule has 1 N–H and O–H groups in total. The van der Waals surface area contributed by atoms with Gasteiger partial charge in [-0.1, -0.05) is 38.0 Å². The summed E-state index contributed by atoms with van der Waals surface area (Å²) in [5.74, 6) is 0.363. The molecule has 0 amide bonds. The van der Waals surface area contributed by atoms with Gasteiger partial charge in [0.1, 0.15) is 5.82 Å². The third-order valence-corrected chi connectivity index (χ3v) is 3.95. The Bertz CT molecular complexity index is 364. The normalized spacial score (nSPS) is 24.8. The predicted molar refractivity (Wildman–Crippen MR) is 74.3 cm³/mol. The maximum absolute atomic E-state index is 13.9. The van der Waals surface area contributed by atoms with Crippen LogP contribution in [0.5, 0.6) is 0 Å². The quantitative estimate of drug-likeness (QED) is 0.787. The zero-order chi connectivity index (χ0) is 12.8. The zero-order valence-corrected chi connectivity index (χ0v) is 11.3. The van der Waals surface area contributed by atoms with Crippen LogP contribution in [-0.4, -0.2) is 12.6 Å². The summed E-state index contributed by atoms with van der Waals surface area (Å²) in [7, 11) is 0. The van der Waals surface area contributed by atoms with Crippen LogP contribution in [0.1, 0.15) is 56.9 Å². The van der Waals surface area contributed by atoms with Gasteiger partial charge < -0.3 is 5.32 Å². The molecule has 100 valence electrons. The van der Waals surface area contributed by atoms with Crippen molar-refractivity contribution in [1.29, 1.82) is 0 Å². The molecule has 2 unspecified atom stereocenters. The van der Waals surface area contributed by atoms with Crippen LogP contribution < -0.4 is 5.32 Å². The van der Waals surface area contributed by atoms with Gasteiger partial charge in [-0.3, -0.25) is 0 Å². The molecular formula is C16H24FN. The van der Waals surface area contributed by atoms with Crippen LogP contribution in [-0.2, 0) is 0 Å². The number of nitrogens with one attached hydrogen (secondary N) is 1. The van der Waals surface area contributed by atoms with E-state index in [2.05, 4.69) is 12.2 Å². The van der Waals surface area contributed by atoms with Gasteiger partial charge in [0, 0.05) is 6.04 Å². The molecule has 0 saturated heterocycles. The van der Waals surface area contributed by atoms with E-state index in [0.29, 0.717) is 12.0 Å². The average molecular weight is 249 g/mol. The highest BCUT2D eigenvalue weighted by Crippen LogP contribution is 2.33. The summed E-state index contributed by atoms with van der Waals surface area (Å²) in [4.78, 5) is 0. The number of hydrogen-bond donors (Lipinski definition) is 1. The monoisotopic (exact) mass is 249 g/mol. The van der Waals surface area contributed by atoms with Crippen molar-refractivity contribution in [1.82, 2.24) is 5.32 Å². The molecule has 1 aliphatic carbocycles. The van der Waals surface area contributed by atoms with Crippen LogP contribution in [0, 0.1) is 5.82 Å². The highest BCUT2D eigenvalue weighted by molar-refractivity contribution is 5.22. The van der Waals surface area contributed by atoms with E-state index < -0.39 is 0 Å². The van der Waals surface area contributed by atoms with Gasteiger partial charge in [-0.05, 0) is 49.8 Å². The van der Waals surface area contributed by atoms with Gasteiger partial charge in [0.2, 0.25) is 0 Å². The SMILES string of the molecule is CCCNC1CCCCC(c2ccccc2F)C1. The smallest absolute Gasteiger partial charge is 0.126 e. The van der Waals surface area contributed by atoms with Crippen molar-refractivity contribution in [3.63, 3.8) is 0 Å². The fraction of sp³-hybridized carbons (Fsp3) is 0.625. The summed E-state index contributed by atoms with van der Waals surface area (Å²) < 4.78 is 13.9. The number of halogens is 1. The van der Waals surface area contributed by atoms with Crippen molar-refractivity contribution < 1.29 is 4.39 Å². The second-order valence-corrected chi connectivity index (χ2v) is 5.39. The number of hydrogen-bond acceptors (Lipinski definition) is 1. The molecule has 1 nitrogen and oxygen atoms in total. The van der Waals surface area contributed by atoms with Crippen LogP contribution in [0.4, 0.5) is 4.39 Å². The Morgan fingerprint density at radius 2 is 2.00 bits per heavy atom. The van der Waals surface area contributed by atoms with Gasteiger partial charge in [-0.25, -0.2) is 4.39 Å². The van der Waals surface area contributed by atoms with Crippen molar-refractivity contribution >= 4 is 0 Å². The maximum Gasteiger partial charge on any atom is 0.126 e. The van der Waals surface area contributed by atoms with Gasteiger partial charge in [-0.2, -0.15) is 0 Å². The highest BCUT2D eigenvalue weighted by Gasteiger charge is 2.22. The Balaban J connectivity index is 2.05. The van der Waals surface area contributed by atoms with Crippen LogP contribution in [0.3, 0.4) is 0 Å². The van der Waals surface area contributed by atoms with Gasteiger partial charge in [0.15, 0.2) is 0 Å². The molecule has 1 aliphatic rings. The van der Waals surface area contributed by atoms with Crippen LogP contribution in [0.25, 0.3) is 0 Å². The van der Waals surface area contributed by atoms with Crippen molar-refractivity contribution in [2.24, 2.45) is 0 Å². The minimum absolute atomic E-state index is 0.0290. The van der Waals surface area contributed by atoms with Gasteiger partial charge in [-0.15, -0.1) is 0 Å². The molecule has 0 aromatic heterocycles. The molecule has 0 radical (unpaired) electrons. The van der Waals surface area contributed by atoms with Gasteiger partial charge >= 0.3 is 0 Å². The molecule has 1 fully saturated rings. The first-order chi connectivity index (χ1) is 8.81. The van der Waals surface area contributed by atoms with E-state index in [-0.39, 0.29) is 5.82 Å². The molecule has 18 heavy (non-hydrogen) atoms. The lowest BCUT2D eigenvalue weighted by atomic mass is 9.90. The molecule has 0 bridgehead atoms. The fourth-order valence-electron chi connectivity index (χ4n) is 2.98. The molecule has 0 aliphatic heterocycles. The van der Waals surface area contributed by atoms with Crippen molar-refractivity contribution in [3.8, 4) is 0 Å². The lowest BCUT2D eigenvalue weighted by Crippen LogP contribution is -2.30. The summed E-state index contributed by atoms with van der Waals surface area (Å²) in [6.45, 7) is 3.27. The third-order valence-electron chi connectivity index (χ3n) is 3.95. The van der Waals surface area contributed by atoms with Crippen LogP contribution in [0.2, 0.25) is 0 Å². The highest BCUT2D eigenvalue weighted by atomic mass is 19.1. The first-order valence-corrected chi connectivity index (χ1v) is 7.29. The van der Waals surface area contributed by atoms with Crippen molar-refractivity contribution in [3.05, 3.63) is 35.6 Å².